The summed E-state index contributed by atoms with van der Waals surface area (Å²) in [6.45, 7) is 44.7. The highest BCUT2D eigenvalue weighted by Crippen LogP contribution is 2.37. The zero-order chi connectivity index (χ0) is 56.7. The summed E-state index contributed by atoms with van der Waals surface area (Å²) in [6, 6.07) is 44.0. The second kappa shape index (κ2) is 20.1. The maximum absolute atomic E-state index is 14.0. The first-order chi connectivity index (χ1) is 36.3. The summed E-state index contributed by atoms with van der Waals surface area (Å²) in [5.74, 6) is 13.6. The van der Waals surface area contributed by atoms with E-state index in [-0.39, 0.29) is 51.7 Å². The quantitative estimate of drug-likeness (QED) is 0.120. The van der Waals surface area contributed by atoms with Crippen LogP contribution >= 0.6 is 0 Å². The minimum atomic E-state index is -0.263. The predicted molar refractivity (Wildman–Crippen MR) is 341 cm³/mol. The highest BCUT2D eigenvalue weighted by atomic mass is 19.1. The molecule has 3 heteroatoms. The smallest absolute Gasteiger partial charge is 0.207 e. The van der Waals surface area contributed by atoms with Crippen molar-refractivity contribution in [2.75, 3.05) is 0 Å². The molecule has 7 aromatic rings. The lowest BCUT2D eigenvalue weighted by Gasteiger charge is -2.37. The van der Waals surface area contributed by atoms with Gasteiger partial charge in [-0.15, -0.1) is 0 Å². The van der Waals surface area contributed by atoms with E-state index in [1.54, 1.807) is 12.1 Å². The predicted octanol–water partition coefficient (Wildman–Crippen LogP) is 14.7. The number of hydrogen-bond donors (Lipinski definition) is 0. The number of rotatable bonds is 2. The minimum absolute atomic E-state index is 0.0498. The van der Waals surface area contributed by atoms with E-state index >= 15 is 0 Å². The molecule has 9 rings (SSSR count). The molecule has 7 aromatic carbocycles. The molecule has 0 spiro atoms. The molecule has 0 nitrogen and oxygen atoms in total. The zero-order valence-corrected chi connectivity index (χ0v) is 50.4. The molecule has 2 heterocycles. The fourth-order valence-corrected chi connectivity index (χ4v) is 11.6. The van der Waals surface area contributed by atoms with Crippen LogP contribution in [0.25, 0.3) is 24.3 Å². The summed E-state index contributed by atoms with van der Waals surface area (Å²) in [6.07, 6.45) is 9.50. The van der Waals surface area contributed by atoms with Crippen LogP contribution in [0, 0.1) is 36.4 Å². The second-order valence-electron chi connectivity index (χ2n) is 28.7. The molecule has 394 valence electrons. The molecule has 0 unspecified atom stereocenters. The normalized spacial score (nSPS) is 13.5. The average Bonchev–Trinajstić information content (AvgIpc) is 3.72. The molecule has 2 aliphatic rings. The Kier molecular flexibility index (Phi) is 14.4. The molecule has 2 aliphatic heterocycles. The van der Waals surface area contributed by atoms with Crippen molar-refractivity contribution in [2.45, 2.75) is 164 Å². The molecule has 0 fully saturated rings. The summed E-state index contributed by atoms with van der Waals surface area (Å²) in [7, 11) is 0. The SMILES string of the molecule is Cc1ccc(C#Cc2ccc3c(c2)C=Cc2cc4c(cc2B3c2c(C(C)(C)C)cc(C(C)(C)C)cc2C(C)(C)C)C=Cc2cc(C#Cc3ccc(F)cc3)ccc2B4c2c(C(C)(C)C)cc(C(C)(C)C)cc2C(C)(C)C)cc1. The van der Waals surface area contributed by atoms with Crippen molar-refractivity contribution in [2.24, 2.45) is 0 Å². The Balaban J connectivity index is 1.39. The molecule has 0 saturated carbocycles. The third kappa shape index (κ3) is 11.5. The lowest BCUT2D eigenvalue weighted by Crippen LogP contribution is -2.60. The van der Waals surface area contributed by atoms with E-state index in [1.807, 2.05) is 0 Å². The summed E-state index contributed by atoms with van der Waals surface area (Å²) in [5, 5.41) is 0. The largest absolute Gasteiger partial charge is 0.243 e. The number of hydrogen-bond acceptors (Lipinski definition) is 0. The topological polar surface area (TPSA) is 0 Å². The summed E-state index contributed by atoms with van der Waals surface area (Å²) < 4.78 is 14.0. The van der Waals surface area contributed by atoms with Gasteiger partial charge in [-0.1, -0.05) is 272 Å². The fraction of sp³-hybridized carbons (Fsp3) is 0.333. The van der Waals surface area contributed by atoms with Crippen molar-refractivity contribution in [3.05, 3.63) is 211 Å². The Morgan fingerprint density at radius 2 is 0.590 bits per heavy atom. The maximum atomic E-state index is 14.0. The minimum Gasteiger partial charge on any atom is -0.207 e. The summed E-state index contributed by atoms with van der Waals surface area (Å²) >= 11 is 0. The highest BCUT2D eigenvalue weighted by molar-refractivity contribution is 6.99. The van der Waals surface area contributed by atoms with Gasteiger partial charge in [0.1, 0.15) is 5.82 Å². The van der Waals surface area contributed by atoms with Gasteiger partial charge in [-0.3, -0.25) is 0 Å². The fourth-order valence-electron chi connectivity index (χ4n) is 11.6. The molecule has 0 radical (unpaired) electrons. The summed E-state index contributed by atoms with van der Waals surface area (Å²) in [5.41, 5.74) is 25.1. The average molecular weight is 1020 g/mol. The Morgan fingerprint density at radius 1 is 0.308 bits per heavy atom. The van der Waals surface area contributed by atoms with Crippen molar-refractivity contribution in [1.82, 2.24) is 0 Å². The molecule has 0 aliphatic carbocycles. The van der Waals surface area contributed by atoms with Gasteiger partial charge in [0.2, 0.25) is 13.4 Å². The van der Waals surface area contributed by atoms with E-state index < -0.39 is 0 Å². The first kappa shape index (κ1) is 55.9. The number of fused-ring (bicyclic) bond motifs is 4. The molecular formula is C75H81B2F. The lowest BCUT2D eigenvalue weighted by molar-refractivity contribution is 0.552. The van der Waals surface area contributed by atoms with Crippen LogP contribution in [0.5, 0.6) is 0 Å². The van der Waals surface area contributed by atoms with Crippen LogP contribution < -0.4 is 32.8 Å². The lowest BCUT2D eigenvalue weighted by atomic mass is 9.31. The van der Waals surface area contributed by atoms with E-state index in [9.17, 15) is 4.39 Å². The van der Waals surface area contributed by atoms with Gasteiger partial charge in [0.15, 0.2) is 0 Å². The van der Waals surface area contributed by atoms with Gasteiger partial charge < -0.3 is 0 Å². The van der Waals surface area contributed by atoms with Crippen LogP contribution in [0.4, 0.5) is 4.39 Å². The monoisotopic (exact) mass is 1020 g/mol. The Labute approximate surface area is 470 Å². The molecule has 0 N–H and O–H groups in total. The standard InChI is InChI=1S/C75H81B2F/c1-48-20-22-49(23-21-48)24-26-51-30-38-64-53(40-51)32-34-55-42-67-56(43-66(55)76(64)68-60(72(8,9)10)44-57(70(2,3)4)45-61(68)73(11,12)13)35-33-54-41-52(27-25-50-28-36-59(78)37-29-50)31-39-65(54)77(67)69-62(74(14,15)16)46-58(71(5,6)7)47-63(69)75(17,18)19/h20-23,28-47H,1-19H3. The Bertz CT molecular complexity index is 3360. The van der Waals surface area contributed by atoms with Crippen LogP contribution in [-0.4, -0.2) is 13.4 Å². The van der Waals surface area contributed by atoms with Crippen molar-refractivity contribution in [1.29, 1.82) is 0 Å². The van der Waals surface area contributed by atoms with Crippen LogP contribution in [0.3, 0.4) is 0 Å². The van der Waals surface area contributed by atoms with Gasteiger partial charge in [-0.2, -0.15) is 0 Å². The molecule has 0 bridgehead atoms. The first-order valence-corrected chi connectivity index (χ1v) is 28.3. The van der Waals surface area contributed by atoms with E-state index in [4.69, 9.17) is 0 Å². The zero-order valence-electron chi connectivity index (χ0n) is 50.4. The Hall–Kier alpha value is -6.80. The van der Waals surface area contributed by atoms with Gasteiger partial charge in [-0.05, 0) is 156 Å². The highest BCUT2D eigenvalue weighted by Gasteiger charge is 2.41. The van der Waals surface area contributed by atoms with Gasteiger partial charge in [0.25, 0.3) is 0 Å². The summed E-state index contributed by atoms with van der Waals surface area (Å²) in [4.78, 5) is 0. The van der Waals surface area contributed by atoms with E-state index in [0.29, 0.717) is 0 Å². The van der Waals surface area contributed by atoms with E-state index in [2.05, 4.69) is 277 Å². The third-order valence-corrected chi connectivity index (χ3v) is 16.1. The molecule has 0 atom stereocenters. The van der Waals surface area contributed by atoms with Gasteiger partial charge in [0.05, 0.1) is 0 Å². The van der Waals surface area contributed by atoms with Gasteiger partial charge in [0, 0.05) is 22.3 Å². The molecule has 0 aromatic heterocycles. The van der Waals surface area contributed by atoms with Crippen LogP contribution in [0.1, 0.15) is 208 Å². The van der Waals surface area contributed by atoms with Crippen molar-refractivity contribution in [3.63, 3.8) is 0 Å². The van der Waals surface area contributed by atoms with Crippen LogP contribution in [0.15, 0.2) is 121 Å². The van der Waals surface area contributed by atoms with Crippen molar-refractivity contribution in [3.8, 4) is 23.7 Å². The van der Waals surface area contributed by atoms with E-state index in [1.165, 1.54) is 101 Å². The Morgan fingerprint density at radius 3 is 0.897 bits per heavy atom. The van der Waals surface area contributed by atoms with E-state index in [0.717, 1.165) is 27.8 Å². The third-order valence-electron chi connectivity index (χ3n) is 16.1. The van der Waals surface area contributed by atoms with Crippen LogP contribution in [-0.2, 0) is 32.5 Å². The number of benzene rings is 7. The van der Waals surface area contributed by atoms with Gasteiger partial charge in [-0.25, -0.2) is 4.39 Å². The van der Waals surface area contributed by atoms with Crippen molar-refractivity contribution < 1.29 is 4.39 Å². The molecular weight excluding hydrogens is 941 g/mol. The number of halogens is 1. The molecule has 78 heavy (non-hydrogen) atoms. The molecule has 0 amide bonds. The number of aryl methyl sites for hydroxylation is 1. The van der Waals surface area contributed by atoms with Crippen LogP contribution in [0.2, 0.25) is 0 Å². The maximum Gasteiger partial charge on any atom is 0.243 e. The van der Waals surface area contributed by atoms with Gasteiger partial charge >= 0.3 is 0 Å². The first-order valence-electron chi connectivity index (χ1n) is 28.3. The van der Waals surface area contributed by atoms with Crippen molar-refractivity contribution >= 4 is 70.5 Å². The molecule has 0 saturated heterocycles. The second-order valence-corrected chi connectivity index (χ2v) is 28.7.